The lowest BCUT2D eigenvalue weighted by molar-refractivity contribution is -0.112. The van der Waals surface area contributed by atoms with Crippen molar-refractivity contribution in [2.24, 2.45) is 0 Å². The van der Waals surface area contributed by atoms with E-state index in [1.54, 1.807) is 13.2 Å². The van der Waals surface area contributed by atoms with Crippen LogP contribution in [0.1, 0.15) is 16.7 Å². The van der Waals surface area contributed by atoms with E-state index in [0.29, 0.717) is 5.69 Å². The van der Waals surface area contributed by atoms with Crippen molar-refractivity contribution < 1.29 is 9.53 Å². The SMILES string of the molecule is COc1c(I)cc(/C=C(\C#N)C(=O)Nc2ccc(C)cc2C)cc1I. The fraction of sp³-hybridized carbons (Fsp3) is 0.158. The van der Waals surface area contributed by atoms with Gasteiger partial charge in [0.2, 0.25) is 0 Å². The highest BCUT2D eigenvalue weighted by atomic mass is 127. The topological polar surface area (TPSA) is 62.1 Å². The van der Waals surface area contributed by atoms with Crippen molar-refractivity contribution in [1.29, 1.82) is 5.26 Å². The molecule has 25 heavy (non-hydrogen) atoms. The lowest BCUT2D eigenvalue weighted by Crippen LogP contribution is -2.14. The summed E-state index contributed by atoms with van der Waals surface area (Å²) in [5, 5.41) is 12.2. The maximum Gasteiger partial charge on any atom is 0.266 e. The molecule has 0 saturated heterocycles. The molecule has 128 valence electrons. The number of aryl methyl sites for hydroxylation is 2. The number of anilines is 1. The molecule has 4 nitrogen and oxygen atoms in total. The number of hydrogen-bond donors (Lipinski definition) is 1. The average Bonchev–Trinajstić information content (AvgIpc) is 2.55. The molecule has 0 aliphatic heterocycles. The summed E-state index contributed by atoms with van der Waals surface area (Å²) in [5.41, 5.74) is 3.61. The van der Waals surface area contributed by atoms with E-state index in [4.69, 9.17) is 4.74 Å². The molecule has 0 saturated carbocycles. The van der Waals surface area contributed by atoms with Crippen LogP contribution in [0.2, 0.25) is 0 Å². The van der Waals surface area contributed by atoms with Crippen LogP contribution in [-0.2, 0) is 4.79 Å². The number of methoxy groups -OCH3 is 1. The molecule has 6 heteroatoms. The van der Waals surface area contributed by atoms with E-state index in [0.717, 1.165) is 29.6 Å². The van der Waals surface area contributed by atoms with Crippen molar-refractivity contribution in [2.75, 3.05) is 12.4 Å². The maximum absolute atomic E-state index is 12.4. The predicted octanol–water partition coefficient (Wildman–Crippen LogP) is 5.07. The number of hydrogen-bond acceptors (Lipinski definition) is 3. The third kappa shape index (κ3) is 4.95. The summed E-state index contributed by atoms with van der Waals surface area (Å²) in [5.74, 6) is 0.367. The molecular formula is C19H16I2N2O2. The first-order chi connectivity index (χ1) is 11.8. The second-order valence-electron chi connectivity index (χ2n) is 5.46. The number of rotatable bonds is 4. The summed E-state index contributed by atoms with van der Waals surface area (Å²) in [6.45, 7) is 3.92. The van der Waals surface area contributed by atoms with E-state index >= 15 is 0 Å². The van der Waals surface area contributed by atoms with E-state index < -0.39 is 5.91 Å². The summed E-state index contributed by atoms with van der Waals surface area (Å²) in [7, 11) is 1.62. The van der Waals surface area contributed by atoms with Gasteiger partial charge in [0.1, 0.15) is 17.4 Å². The number of amides is 1. The van der Waals surface area contributed by atoms with Gasteiger partial charge in [-0.05, 0) is 94.4 Å². The minimum atomic E-state index is -0.421. The average molecular weight is 558 g/mol. The van der Waals surface area contributed by atoms with Gasteiger partial charge in [-0.2, -0.15) is 5.26 Å². The van der Waals surface area contributed by atoms with Crippen LogP contribution in [0.25, 0.3) is 6.08 Å². The van der Waals surface area contributed by atoms with Crippen molar-refractivity contribution in [3.05, 3.63) is 59.7 Å². The fourth-order valence-corrected chi connectivity index (χ4v) is 4.57. The quantitative estimate of drug-likeness (QED) is 0.324. The molecule has 0 atom stereocenters. The first kappa shape index (κ1) is 19.7. The van der Waals surface area contributed by atoms with Crippen LogP contribution in [0.4, 0.5) is 5.69 Å². The Morgan fingerprint density at radius 3 is 2.36 bits per heavy atom. The first-order valence-electron chi connectivity index (χ1n) is 7.39. The van der Waals surface area contributed by atoms with Crippen LogP contribution in [0, 0.1) is 32.3 Å². The Hall–Kier alpha value is -1.60. The monoisotopic (exact) mass is 558 g/mol. The molecular weight excluding hydrogens is 542 g/mol. The number of nitrogens with one attached hydrogen (secondary N) is 1. The summed E-state index contributed by atoms with van der Waals surface area (Å²) in [4.78, 5) is 12.4. The van der Waals surface area contributed by atoms with Crippen LogP contribution in [0.3, 0.4) is 0 Å². The van der Waals surface area contributed by atoms with Gasteiger partial charge >= 0.3 is 0 Å². The number of carbonyl (C=O) groups is 1. The zero-order valence-corrected chi connectivity index (χ0v) is 18.3. The molecule has 2 rings (SSSR count). The molecule has 0 fully saturated rings. The summed E-state index contributed by atoms with van der Waals surface area (Å²) in [6, 6.07) is 11.5. The Bertz CT molecular complexity index is 876. The molecule has 2 aromatic carbocycles. The van der Waals surface area contributed by atoms with Crippen LogP contribution in [0.5, 0.6) is 5.75 Å². The maximum atomic E-state index is 12.4. The van der Waals surface area contributed by atoms with Gasteiger partial charge in [0, 0.05) is 5.69 Å². The fourth-order valence-electron chi connectivity index (χ4n) is 2.32. The van der Waals surface area contributed by atoms with Crippen molar-refractivity contribution in [3.8, 4) is 11.8 Å². The van der Waals surface area contributed by atoms with Crippen LogP contribution in [-0.4, -0.2) is 13.0 Å². The molecule has 0 heterocycles. The molecule has 0 aliphatic carbocycles. The number of ether oxygens (including phenoxy) is 1. The molecule has 2 aromatic rings. The third-order valence-electron chi connectivity index (χ3n) is 3.53. The number of halogens is 2. The number of carbonyl (C=O) groups excluding carboxylic acids is 1. The molecule has 0 unspecified atom stereocenters. The van der Waals surface area contributed by atoms with Crippen molar-refractivity contribution in [3.63, 3.8) is 0 Å². The molecule has 0 spiro atoms. The third-order valence-corrected chi connectivity index (χ3v) is 5.13. The zero-order valence-electron chi connectivity index (χ0n) is 14.0. The van der Waals surface area contributed by atoms with Gasteiger partial charge in [0.15, 0.2) is 0 Å². The van der Waals surface area contributed by atoms with Gasteiger partial charge in [-0.3, -0.25) is 4.79 Å². The number of nitrogens with zero attached hydrogens (tertiary/aromatic N) is 1. The second-order valence-corrected chi connectivity index (χ2v) is 7.78. The zero-order chi connectivity index (χ0) is 18.6. The van der Waals surface area contributed by atoms with Gasteiger partial charge in [0.25, 0.3) is 5.91 Å². The minimum absolute atomic E-state index is 0.0525. The van der Waals surface area contributed by atoms with Gasteiger partial charge in [0.05, 0.1) is 14.3 Å². The van der Waals surface area contributed by atoms with E-state index in [2.05, 4.69) is 50.5 Å². The molecule has 0 radical (unpaired) electrons. The normalized spacial score (nSPS) is 11.0. The van der Waals surface area contributed by atoms with E-state index in [9.17, 15) is 10.1 Å². The van der Waals surface area contributed by atoms with E-state index in [-0.39, 0.29) is 5.57 Å². The predicted molar refractivity (Wildman–Crippen MR) is 117 cm³/mol. The van der Waals surface area contributed by atoms with Gasteiger partial charge in [-0.1, -0.05) is 17.7 Å². The van der Waals surface area contributed by atoms with Crippen LogP contribution in [0.15, 0.2) is 35.9 Å². The van der Waals surface area contributed by atoms with Crippen LogP contribution >= 0.6 is 45.2 Å². The first-order valence-corrected chi connectivity index (χ1v) is 9.55. The molecule has 0 aromatic heterocycles. The van der Waals surface area contributed by atoms with Crippen molar-refractivity contribution in [2.45, 2.75) is 13.8 Å². The lowest BCUT2D eigenvalue weighted by atomic mass is 10.1. The summed E-state index contributed by atoms with van der Waals surface area (Å²) >= 11 is 4.34. The Morgan fingerprint density at radius 2 is 1.84 bits per heavy atom. The Morgan fingerprint density at radius 1 is 1.20 bits per heavy atom. The van der Waals surface area contributed by atoms with Crippen molar-refractivity contribution in [1.82, 2.24) is 0 Å². The molecule has 0 bridgehead atoms. The smallest absolute Gasteiger partial charge is 0.266 e. The number of benzene rings is 2. The lowest BCUT2D eigenvalue weighted by Gasteiger charge is -2.09. The molecule has 0 aliphatic rings. The van der Waals surface area contributed by atoms with Crippen molar-refractivity contribution >= 4 is 62.9 Å². The largest absolute Gasteiger partial charge is 0.495 e. The highest BCUT2D eigenvalue weighted by Gasteiger charge is 2.13. The van der Waals surface area contributed by atoms with Gasteiger partial charge in [-0.15, -0.1) is 0 Å². The standard InChI is InChI=1S/C19H16I2N2O2/c1-11-4-5-17(12(2)6-11)23-19(24)14(10-22)7-13-8-15(20)18(25-3)16(21)9-13/h4-9H,1-3H3,(H,23,24)/b14-7+. The summed E-state index contributed by atoms with van der Waals surface area (Å²) in [6.07, 6.45) is 1.59. The Labute approximate surface area is 174 Å². The molecule has 1 amide bonds. The Balaban J connectivity index is 2.31. The van der Waals surface area contributed by atoms with Gasteiger partial charge in [-0.25, -0.2) is 0 Å². The summed E-state index contributed by atoms with van der Waals surface area (Å²) < 4.78 is 7.17. The van der Waals surface area contributed by atoms with Crippen LogP contribution < -0.4 is 10.1 Å². The van der Waals surface area contributed by atoms with E-state index in [1.807, 2.05) is 50.2 Å². The number of nitriles is 1. The Kier molecular flexibility index (Phi) is 6.84. The second kappa shape index (κ2) is 8.67. The molecule has 1 N–H and O–H groups in total. The van der Waals surface area contributed by atoms with E-state index in [1.165, 1.54) is 0 Å². The highest BCUT2D eigenvalue weighted by molar-refractivity contribution is 14.1. The minimum Gasteiger partial charge on any atom is -0.495 e. The van der Waals surface area contributed by atoms with Gasteiger partial charge < -0.3 is 10.1 Å². The highest BCUT2D eigenvalue weighted by Crippen LogP contribution is 2.29.